The van der Waals surface area contributed by atoms with Crippen LogP contribution in [-0.4, -0.2) is 35.7 Å². The fourth-order valence-corrected chi connectivity index (χ4v) is 2.54. The van der Waals surface area contributed by atoms with Crippen LogP contribution in [0.15, 0.2) is 48.5 Å². The Balaban J connectivity index is 1.43. The standard InChI is InChI=1S/C19H20N4O3/c1-26-14-8-6-13(7-9-14)12-21-17(24)10-11-20-19(25)18-15-4-2-3-5-16(15)22-23-18/h2-9H,10-12H2,1H3,(H,20,25)(H,21,24)(H,22,23). The molecule has 3 rings (SSSR count). The van der Waals surface area contributed by atoms with Crippen LogP contribution in [0.1, 0.15) is 22.5 Å². The molecule has 3 N–H and O–H groups in total. The quantitative estimate of drug-likeness (QED) is 0.606. The Morgan fingerprint density at radius 1 is 1.08 bits per heavy atom. The van der Waals surface area contributed by atoms with Gasteiger partial charge in [0.05, 0.1) is 12.6 Å². The number of aromatic amines is 1. The summed E-state index contributed by atoms with van der Waals surface area (Å²) in [6.45, 7) is 0.676. The second-order valence-corrected chi connectivity index (χ2v) is 5.75. The third-order valence-corrected chi connectivity index (χ3v) is 3.97. The summed E-state index contributed by atoms with van der Waals surface area (Å²) in [6.07, 6.45) is 0.199. The van der Waals surface area contributed by atoms with E-state index in [4.69, 9.17) is 4.74 Å². The Morgan fingerprint density at radius 3 is 2.62 bits per heavy atom. The summed E-state index contributed by atoms with van der Waals surface area (Å²) < 4.78 is 5.09. The number of aromatic nitrogens is 2. The van der Waals surface area contributed by atoms with Crippen LogP contribution in [0.3, 0.4) is 0 Å². The van der Waals surface area contributed by atoms with Crippen LogP contribution in [0, 0.1) is 0 Å². The van der Waals surface area contributed by atoms with Crippen molar-refractivity contribution in [2.75, 3.05) is 13.7 Å². The van der Waals surface area contributed by atoms with Crippen LogP contribution in [0.4, 0.5) is 0 Å². The van der Waals surface area contributed by atoms with E-state index in [1.165, 1.54) is 0 Å². The fourth-order valence-electron chi connectivity index (χ4n) is 2.54. The number of benzene rings is 2. The molecule has 0 atom stereocenters. The number of H-pyrrole nitrogens is 1. The highest BCUT2D eigenvalue weighted by molar-refractivity contribution is 6.04. The van der Waals surface area contributed by atoms with Crippen molar-refractivity contribution in [1.29, 1.82) is 0 Å². The van der Waals surface area contributed by atoms with Crippen molar-refractivity contribution < 1.29 is 14.3 Å². The van der Waals surface area contributed by atoms with Crippen molar-refractivity contribution in [3.63, 3.8) is 0 Å². The number of carbonyl (C=O) groups is 2. The van der Waals surface area contributed by atoms with Crippen LogP contribution in [0.5, 0.6) is 5.75 Å². The molecule has 134 valence electrons. The van der Waals surface area contributed by atoms with Gasteiger partial charge in [0.25, 0.3) is 5.91 Å². The van der Waals surface area contributed by atoms with E-state index in [1.54, 1.807) is 7.11 Å². The van der Waals surface area contributed by atoms with Crippen LogP contribution < -0.4 is 15.4 Å². The zero-order valence-corrected chi connectivity index (χ0v) is 14.4. The molecule has 1 aromatic heterocycles. The lowest BCUT2D eigenvalue weighted by molar-refractivity contribution is -0.121. The van der Waals surface area contributed by atoms with E-state index >= 15 is 0 Å². The first-order valence-electron chi connectivity index (χ1n) is 8.28. The number of methoxy groups -OCH3 is 1. The molecule has 7 nitrogen and oxygen atoms in total. The maximum Gasteiger partial charge on any atom is 0.272 e. The molecule has 0 unspecified atom stereocenters. The number of amides is 2. The molecule has 0 aliphatic rings. The highest BCUT2D eigenvalue weighted by Gasteiger charge is 2.13. The van der Waals surface area contributed by atoms with E-state index in [9.17, 15) is 9.59 Å². The van der Waals surface area contributed by atoms with Gasteiger partial charge in [-0.3, -0.25) is 14.7 Å². The van der Waals surface area contributed by atoms with Crippen molar-refractivity contribution in [2.45, 2.75) is 13.0 Å². The smallest absolute Gasteiger partial charge is 0.272 e. The number of carbonyl (C=O) groups excluding carboxylic acids is 2. The molecule has 0 saturated heterocycles. The van der Waals surface area contributed by atoms with Gasteiger partial charge in [0.15, 0.2) is 5.69 Å². The minimum atomic E-state index is -0.301. The molecular formula is C19H20N4O3. The zero-order valence-electron chi connectivity index (χ0n) is 14.4. The molecule has 26 heavy (non-hydrogen) atoms. The number of nitrogens with one attached hydrogen (secondary N) is 3. The molecule has 0 radical (unpaired) electrons. The molecule has 0 spiro atoms. The van der Waals surface area contributed by atoms with Crippen LogP contribution in [-0.2, 0) is 11.3 Å². The fraction of sp³-hybridized carbons (Fsp3) is 0.211. The van der Waals surface area contributed by atoms with Gasteiger partial charge in [-0.15, -0.1) is 0 Å². The molecule has 2 aromatic carbocycles. The van der Waals surface area contributed by atoms with E-state index in [0.29, 0.717) is 12.2 Å². The van der Waals surface area contributed by atoms with E-state index in [2.05, 4.69) is 20.8 Å². The number of nitrogens with zero attached hydrogens (tertiary/aromatic N) is 1. The maximum atomic E-state index is 12.2. The van der Waals surface area contributed by atoms with Crippen molar-refractivity contribution >= 4 is 22.7 Å². The summed E-state index contributed by atoms with van der Waals surface area (Å²) in [5.74, 6) is 0.340. The van der Waals surface area contributed by atoms with E-state index in [-0.39, 0.29) is 24.8 Å². The summed E-state index contributed by atoms with van der Waals surface area (Å²) in [5, 5.41) is 13.2. The summed E-state index contributed by atoms with van der Waals surface area (Å²) in [6, 6.07) is 14.9. The van der Waals surface area contributed by atoms with Gasteiger partial charge in [0.1, 0.15) is 5.75 Å². The van der Waals surface area contributed by atoms with Gasteiger partial charge in [0.2, 0.25) is 5.91 Å². The number of ether oxygens (including phenoxy) is 1. The zero-order chi connectivity index (χ0) is 18.4. The first kappa shape index (κ1) is 17.5. The molecule has 0 bridgehead atoms. The van der Waals surface area contributed by atoms with Gasteiger partial charge in [-0.25, -0.2) is 0 Å². The van der Waals surface area contributed by atoms with Crippen molar-refractivity contribution in [1.82, 2.24) is 20.8 Å². The molecule has 2 amide bonds. The number of hydrogen-bond acceptors (Lipinski definition) is 4. The molecule has 0 aliphatic carbocycles. The van der Waals surface area contributed by atoms with E-state index < -0.39 is 0 Å². The second kappa shape index (κ2) is 8.15. The minimum Gasteiger partial charge on any atom is -0.497 e. The lowest BCUT2D eigenvalue weighted by Gasteiger charge is -2.07. The molecule has 0 saturated carbocycles. The molecular weight excluding hydrogens is 332 g/mol. The van der Waals surface area contributed by atoms with Gasteiger partial charge >= 0.3 is 0 Å². The third kappa shape index (κ3) is 4.18. The lowest BCUT2D eigenvalue weighted by Crippen LogP contribution is -2.30. The monoisotopic (exact) mass is 352 g/mol. The van der Waals surface area contributed by atoms with Crippen LogP contribution in [0.25, 0.3) is 10.9 Å². The van der Waals surface area contributed by atoms with Crippen molar-refractivity contribution in [3.05, 3.63) is 59.8 Å². The second-order valence-electron chi connectivity index (χ2n) is 5.75. The predicted octanol–water partition coefficient (Wildman–Crippen LogP) is 2.01. The molecule has 0 aliphatic heterocycles. The third-order valence-electron chi connectivity index (χ3n) is 3.97. The highest BCUT2D eigenvalue weighted by Crippen LogP contribution is 2.14. The van der Waals surface area contributed by atoms with E-state index in [0.717, 1.165) is 22.2 Å². The Kier molecular flexibility index (Phi) is 5.48. The lowest BCUT2D eigenvalue weighted by atomic mass is 10.2. The van der Waals surface area contributed by atoms with Crippen molar-refractivity contribution in [2.24, 2.45) is 0 Å². The van der Waals surface area contributed by atoms with Gasteiger partial charge in [-0.2, -0.15) is 5.10 Å². The molecule has 0 fully saturated rings. The van der Waals surface area contributed by atoms with Gasteiger partial charge in [-0.05, 0) is 23.8 Å². The summed E-state index contributed by atoms with van der Waals surface area (Å²) in [4.78, 5) is 24.1. The predicted molar refractivity (Wildman–Crippen MR) is 97.9 cm³/mol. The minimum absolute atomic E-state index is 0.131. The summed E-state index contributed by atoms with van der Waals surface area (Å²) in [7, 11) is 1.61. The summed E-state index contributed by atoms with van der Waals surface area (Å²) >= 11 is 0. The number of para-hydroxylation sites is 1. The Labute approximate surface area is 150 Å². The average Bonchev–Trinajstić information content (AvgIpc) is 3.11. The van der Waals surface area contributed by atoms with Crippen LogP contribution in [0.2, 0.25) is 0 Å². The normalized spacial score (nSPS) is 10.5. The highest BCUT2D eigenvalue weighted by atomic mass is 16.5. The molecule has 3 aromatic rings. The topological polar surface area (TPSA) is 96.1 Å². The maximum absolute atomic E-state index is 12.2. The Morgan fingerprint density at radius 2 is 1.85 bits per heavy atom. The number of rotatable bonds is 7. The number of fused-ring (bicyclic) bond motifs is 1. The first-order chi connectivity index (χ1) is 12.7. The SMILES string of the molecule is COc1ccc(CNC(=O)CCNC(=O)c2n[nH]c3ccccc23)cc1. The molecule has 7 heteroatoms. The van der Waals surface area contributed by atoms with Crippen molar-refractivity contribution in [3.8, 4) is 5.75 Å². The summed E-state index contributed by atoms with van der Waals surface area (Å²) in [5.41, 5.74) is 2.11. The van der Waals surface area contributed by atoms with Gasteiger partial charge in [0, 0.05) is 24.9 Å². The Bertz CT molecular complexity index is 903. The first-order valence-corrected chi connectivity index (χ1v) is 8.28. The molecule has 1 heterocycles. The average molecular weight is 352 g/mol. The van der Waals surface area contributed by atoms with E-state index in [1.807, 2.05) is 48.5 Å². The van der Waals surface area contributed by atoms with Gasteiger partial charge in [-0.1, -0.05) is 30.3 Å². The van der Waals surface area contributed by atoms with Gasteiger partial charge < -0.3 is 15.4 Å². The Hall–Kier alpha value is -3.35. The number of hydrogen-bond donors (Lipinski definition) is 3. The van der Waals surface area contributed by atoms with Crippen LogP contribution >= 0.6 is 0 Å². The largest absolute Gasteiger partial charge is 0.497 e.